The topological polar surface area (TPSA) is 28.5 Å². The van der Waals surface area contributed by atoms with E-state index >= 15 is 0 Å². The minimum absolute atomic E-state index is 0. The Morgan fingerprint density at radius 3 is 1.00 bits per heavy atom. The Morgan fingerprint density at radius 2 is 1.00 bits per heavy atom. The Hall–Kier alpha value is 1.42. The van der Waals surface area contributed by atoms with E-state index in [9.17, 15) is 0 Å². The van der Waals surface area contributed by atoms with Gasteiger partial charge in [0.05, 0.1) is 0 Å². The van der Waals surface area contributed by atoms with Crippen molar-refractivity contribution in [1.29, 1.82) is 0 Å². The first-order valence-corrected chi connectivity index (χ1v) is 0. The monoisotopic (exact) mass is 85.0 g/mol. The minimum Gasteiger partial charge on any atom is -2.00 e. The molecule has 0 aliphatic heterocycles. The standard InChI is InChI=1S/Al.FH.Na.O/h;1H;;/q+3;;+1;-2/p-1. The molecule has 0 bridgehead atoms. The molecule has 4 heteroatoms. The molecule has 0 saturated heterocycles. The van der Waals surface area contributed by atoms with Gasteiger partial charge in [-0.1, -0.05) is 0 Å². The van der Waals surface area contributed by atoms with Crippen LogP contribution in [0, 0.1) is 0 Å². The molecule has 0 spiro atoms. The molecule has 0 amide bonds. The van der Waals surface area contributed by atoms with Crippen molar-refractivity contribution < 1.29 is 39.7 Å². The fourth-order valence-electron chi connectivity index (χ4n) is 0. The number of halogens is 1. The fraction of sp³-hybridized carbons (Fsp3) is 0. The number of hydrogen-bond acceptors (Lipinski definition) is 0. The summed E-state index contributed by atoms with van der Waals surface area (Å²) in [6.45, 7) is 0. The summed E-state index contributed by atoms with van der Waals surface area (Å²) in [6.07, 6.45) is 0. The first-order chi connectivity index (χ1) is 0. The van der Waals surface area contributed by atoms with Crippen molar-refractivity contribution in [2.45, 2.75) is 0 Å². The molecule has 0 N–H and O–H groups in total. The van der Waals surface area contributed by atoms with E-state index in [2.05, 4.69) is 0 Å². The van der Waals surface area contributed by atoms with Crippen LogP contribution >= 0.6 is 0 Å². The van der Waals surface area contributed by atoms with Crippen LogP contribution in [0.25, 0.3) is 0 Å². The molecule has 0 unspecified atom stereocenters. The van der Waals surface area contributed by atoms with Gasteiger partial charge in [-0.05, 0) is 0 Å². The van der Waals surface area contributed by atoms with E-state index < -0.39 is 0 Å². The molecule has 0 rings (SSSR count). The van der Waals surface area contributed by atoms with Crippen LogP contribution in [0.4, 0.5) is 0 Å². The summed E-state index contributed by atoms with van der Waals surface area (Å²) in [5, 5.41) is 0. The molecular weight excluding hydrogens is 85.0 g/mol. The number of hydrogen-bond donors (Lipinski definition) is 0. The average molecular weight is 85.0 g/mol. The molecule has 0 aromatic carbocycles. The minimum atomic E-state index is 0. The third-order valence-corrected chi connectivity index (χ3v) is 0. The molecule has 0 saturated carbocycles. The van der Waals surface area contributed by atoms with E-state index in [1.54, 1.807) is 0 Å². The van der Waals surface area contributed by atoms with Gasteiger partial charge in [-0.15, -0.1) is 0 Å². The Labute approximate surface area is 56.9 Å². The van der Waals surface area contributed by atoms with E-state index in [1.807, 2.05) is 0 Å². The van der Waals surface area contributed by atoms with E-state index in [-0.39, 0.29) is 57.1 Å². The summed E-state index contributed by atoms with van der Waals surface area (Å²) in [6, 6.07) is 0. The Kier molecular flexibility index (Phi) is 335. The zero-order valence-electron chi connectivity index (χ0n) is 2.36. The van der Waals surface area contributed by atoms with Crippen molar-refractivity contribution in [1.82, 2.24) is 0 Å². The van der Waals surface area contributed by atoms with E-state index in [1.165, 1.54) is 0 Å². The van der Waals surface area contributed by atoms with Gasteiger partial charge in [0.2, 0.25) is 0 Å². The molecule has 0 aromatic rings. The first kappa shape index (κ1) is 52.4. The van der Waals surface area contributed by atoms with Gasteiger partial charge in [0.25, 0.3) is 0 Å². The van der Waals surface area contributed by atoms with E-state index in [0.717, 1.165) is 0 Å². The van der Waals surface area contributed by atoms with Crippen LogP contribution in [0.2, 0.25) is 0 Å². The molecule has 0 atom stereocenters. The normalized spacial score (nSPS) is 0. The van der Waals surface area contributed by atoms with Gasteiger partial charge in [0.15, 0.2) is 0 Å². The van der Waals surface area contributed by atoms with Gasteiger partial charge in [0.1, 0.15) is 0 Å². The smallest absolute Gasteiger partial charge is 2.00 e. The zero-order valence-corrected chi connectivity index (χ0v) is 5.52. The van der Waals surface area contributed by atoms with Gasteiger partial charge >= 0.3 is 46.9 Å². The van der Waals surface area contributed by atoms with Crippen molar-refractivity contribution >= 4 is 17.4 Å². The first-order valence-electron chi connectivity index (χ1n) is 0. The average Bonchev–Trinajstić information content (AvgIpc) is 0. The van der Waals surface area contributed by atoms with Crippen LogP contribution in [0.15, 0.2) is 0 Å². The van der Waals surface area contributed by atoms with Crippen molar-refractivity contribution in [2.75, 3.05) is 0 Å². The predicted octanol–water partition coefficient (Wildman–Crippen LogP) is -6.49. The summed E-state index contributed by atoms with van der Waals surface area (Å²) in [5.74, 6) is 0. The third-order valence-electron chi connectivity index (χ3n) is 0. The van der Waals surface area contributed by atoms with Gasteiger partial charge in [-0.3, -0.25) is 0 Å². The van der Waals surface area contributed by atoms with Crippen LogP contribution < -0.4 is 34.3 Å². The molecule has 16 valence electrons. The number of rotatable bonds is 0. The largest absolute Gasteiger partial charge is 3.00 e. The quantitative estimate of drug-likeness (QED) is 0.262. The Morgan fingerprint density at radius 1 is 1.00 bits per heavy atom. The Bertz CT molecular complexity index is 8.00. The Balaban J connectivity index is 0. The van der Waals surface area contributed by atoms with Crippen molar-refractivity contribution in [3.63, 3.8) is 0 Å². The van der Waals surface area contributed by atoms with Gasteiger partial charge in [-0.25, -0.2) is 0 Å². The van der Waals surface area contributed by atoms with Crippen LogP contribution in [0.5, 0.6) is 0 Å². The molecule has 4 heavy (non-hydrogen) atoms. The molecule has 0 heterocycles. The summed E-state index contributed by atoms with van der Waals surface area (Å²) < 4.78 is 0. The second kappa shape index (κ2) is 25.6. The van der Waals surface area contributed by atoms with Crippen molar-refractivity contribution in [3.8, 4) is 0 Å². The predicted molar refractivity (Wildman–Crippen MR) is 6.44 cm³/mol. The second-order valence-corrected chi connectivity index (χ2v) is 0. The van der Waals surface area contributed by atoms with Gasteiger partial charge < -0.3 is 10.2 Å². The summed E-state index contributed by atoms with van der Waals surface area (Å²) in [7, 11) is 0. The molecule has 1 nitrogen and oxygen atoms in total. The summed E-state index contributed by atoms with van der Waals surface area (Å²) in [4.78, 5) is 0. The molecular formula is AlFNaO+. The van der Waals surface area contributed by atoms with E-state index in [4.69, 9.17) is 0 Å². The van der Waals surface area contributed by atoms with E-state index in [0.29, 0.717) is 0 Å². The molecule has 0 aromatic heterocycles. The molecule has 0 radical (unpaired) electrons. The third kappa shape index (κ3) is 9.93. The molecule has 0 aliphatic carbocycles. The van der Waals surface area contributed by atoms with Crippen molar-refractivity contribution in [2.24, 2.45) is 0 Å². The van der Waals surface area contributed by atoms with Crippen LogP contribution in [-0.2, 0) is 5.48 Å². The van der Waals surface area contributed by atoms with Gasteiger partial charge in [-0.2, -0.15) is 0 Å². The van der Waals surface area contributed by atoms with Gasteiger partial charge in [0, 0.05) is 0 Å². The van der Waals surface area contributed by atoms with Crippen LogP contribution in [0.3, 0.4) is 0 Å². The molecule has 0 fully saturated rings. The maximum Gasteiger partial charge on any atom is 3.00 e. The summed E-state index contributed by atoms with van der Waals surface area (Å²) >= 11 is 0. The molecule has 0 aliphatic rings. The maximum atomic E-state index is 0. The maximum absolute atomic E-state index is 0. The second-order valence-electron chi connectivity index (χ2n) is 0. The fourth-order valence-corrected chi connectivity index (χ4v) is 0. The SMILES string of the molecule is [Al+3].[F-].[Na+].[O-2]. The van der Waals surface area contributed by atoms with Crippen molar-refractivity contribution in [3.05, 3.63) is 0 Å². The zero-order chi connectivity index (χ0) is 0. The van der Waals surface area contributed by atoms with Crippen LogP contribution in [-0.4, -0.2) is 17.4 Å². The summed E-state index contributed by atoms with van der Waals surface area (Å²) in [5.41, 5.74) is 0. The van der Waals surface area contributed by atoms with Crippen LogP contribution in [0.1, 0.15) is 0 Å².